The molecule has 1 unspecified atom stereocenters. The van der Waals surface area contributed by atoms with Crippen LogP contribution in [-0.2, 0) is 28.8 Å². The lowest BCUT2D eigenvalue weighted by molar-refractivity contribution is -0.112. The van der Waals surface area contributed by atoms with E-state index in [1.807, 2.05) is 13.8 Å². The first-order chi connectivity index (χ1) is 25.0. The molecule has 0 fully saturated rings. The molecule has 3 aromatic rings. The molecule has 0 spiro atoms. The number of alkyl halides is 1. The smallest absolute Gasteiger partial charge is 0.318 e. The second kappa shape index (κ2) is 21.4. The summed E-state index contributed by atoms with van der Waals surface area (Å²) in [6, 6.07) is 15.6. The number of ketones is 1. The van der Waals surface area contributed by atoms with Gasteiger partial charge in [0.15, 0.2) is 5.78 Å². The van der Waals surface area contributed by atoms with Gasteiger partial charge in [0.25, 0.3) is 0 Å². The third-order valence-electron chi connectivity index (χ3n) is 10.1. The maximum atomic E-state index is 14.3. The number of rotatable bonds is 24. The molecule has 0 N–H and O–H groups in total. The molecule has 1 heterocycles. The van der Waals surface area contributed by atoms with Crippen molar-refractivity contribution >= 4 is 22.4 Å². The zero-order valence-corrected chi connectivity index (χ0v) is 32.8. The topological polar surface area (TPSA) is 88.3 Å². The van der Waals surface area contributed by atoms with Crippen LogP contribution < -0.4 is 9.64 Å². The number of hydrogen-bond donors (Lipinski definition) is 0. The molecular formula is C44H61FN4O3. The standard InChI is InChI=1S/C44H61FN4O3/c1-9-27-49(31-44(7,25-26-46)33(6)40(50)24-17-28-51-8)42-38(23-14-13-19-35-21-16-22-36-20-15-18-32(5)41(35)36)39(12-4)47-43(48-42)52-30-34(10-2)29-37(45)11-3/h15-18,20-22,24,34,37H,6,9-14,19,23,25,27-31H2,1-5,7-8H3/b24-17+/t34-,37+,44?/m1/s1. The first kappa shape index (κ1) is 42.3. The number of ether oxygens (including phenoxy) is 2. The van der Waals surface area contributed by atoms with Gasteiger partial charge in [-0.3, -0.25) is 4.79 Å². The predicted molar refractivity (Wildman–Crippen MR) is 212 cm³/mol. The Bertz CT molecular complexity index is 1680. The molecule has 0 saturated heterocycles. The van der Waals surface area contributed by atoms with Crippen LogP contribution in [0.5, 0.6) is 6.01 Å². The number of fused-ring (bicyclic) bond motifs is 1. The fourth-order valence-corrected chi connectivity index (χ4v) is 6.92. The van der Waals surface area contributed by atoms with E-state index in [1.165, 1.54) is 28.0 Å². The number of benzene rings is 2. The molecule has 2 aromatic carbocycles. The minimum Gasteiger partial charge on any atom is -0.463 e. The van der Waals surface area contributed by atoms with E-state index in [2.05, 4.69) is 81.6 Å². The summed E-state index contributed by atoms with van der Waals surface area (Å²) in [6.07, 6.45) is 9.29. The number of aryl methyl sites for hydroxylation is 3. The van der Waals surface area contributed by atoms with Crippen LogP contribution in [0.2, 0.25) is 0 Å². The predicted octanol–water partition coefficient (Wildman–Crippen LogP) is 10.1. The Hall–Kier alpha value is -4.09. The van der Waals surface area contributed by atoms with Crippen LogP contribution in [0.25, 0.3) is 10.8 Å². The van der Waals surface area contributed by atoms with E-state index in [1.54, 1.807) is 13.2 Å². The van der Waals surface area contributed by atoms with E-state index in [0.29, 0.717) is 51.1 Å². The Kier molecular flexibility index (Phi) is 17.4. The van der Waals surface area contributed by atoms with Crippen molar-refractivity contribution in [3.63, 3.8) is 0 Å². The fourth-order valence-electron chi connectivity index (χ4n) is 6.92. The zero-order valence-electron chi connectivity index (χ0n) is 32.8. The van der Waals surface area contributed by atoms with E-state index in [4.69, 9.17) is 19.4 Å². The van der Waals surface area contributed by atoms with Crippen LogP contribution in [0.3, 0.4) is 0 Å². The number of aromatic nitrogens is 2. The third kappa shape index (κ3) is 11.7. The summed E-state index contributed by atoms with van der Waals surface area (Å²) in [6.45, 7) is 18.1. The van der Waals surface area contributed by atoms with Crippen LogP contribution in [0, 0.1) is 29.6 Å². The van der Waals surface area contributed by atoms with Gasteiger partial charge in [-0.1, -0.05) is 83.7 Å². The van der Waals surface area contributed by atoms with Gasteiger partial charge in [-0.15, -0.1) is 0 Å². The summed E-state index contributed by atoms with van der Waals surface area (Å²) in [7, 11) is 1.57. The summed E-state index contributed by atoms with van der Waals surface area (Å²) < 4.78 is 25.7. The van der Waals surface area contributed by atoms with E-state index in [9.17, 15) is 14.4 Å². The van der Waals surface area contributed by atoms with Gasteiger partial charge in [-0.05, 0) is 98.6 Å². The molecule has 0 aliphatic carbocycles. The van der Waals surface area contributed by atoms with Gasteiger partial charge < -0.3 is 14.4 Å². The molecule has 0 amide bonds. The lowest BCUT2D eigenvalue weighted by Gasteiger charge is -2.36. The molecule has 1 aromatic heterocycles. The lowest BCUT2D eigenvalue weighted by Crippen LogP contribution is -2.40. The first-order valence-electron chi connectivity index (χ1n) is 19.2. The maximum Gasteiger partial charge on any atom is 0.318 e. The molecule has 3 atom stereocenters. The van der Waals surface area contributed by atoms with E-state index in [-0.39, 0.29) is 24.1 Å². The normalized spacial score (nSPS) is 13.8. The van der Waals surface area contributed by atoms with E-state index >= 15 is 0 Å². The summed E-state index contributed by atoms with van der Waals surface area (Å²) in [5.74, 6) is 0.601. The minimum atomic E-state index is -0.866. The van der Waals surface area contributed by atoms with Crippen molar-refractivity contribution in [2.75, 3.05) is 38.3 Å². The van der Waals surface area contributed by atoms with Crippen molar-refractivity contribution in [2.24, 2.45) is 11.3 Å². The van der Waals surface area contributed by atoms with Crippen LogP contribution >= 0.6 is 0 Å². The molecule has 52 heavy (non-hydrogen) atoms. The fraction of sp³-hybridized carbons (Fsp3) is 0.545. The average molecular weight is 713 g/mol. The number of hydrogen-bond acceptors (Lipinski definition) is 7. The molecule has 282 valence electrons. The first-order valence-corrected chi connectivity index (χ1v) is 19.2. The van der Waals surface area contributed by atoms with Crippen molar-refractivity contribution in [3.05, 3.63) is 83.1 Å². The number of unbranched alkanes of at least 4 members (excludes halogenated alkanes) is 1. The average Bonchev–Trinajstić information content (AvgIpc) is 3.14. The second-order valence-corrected chi connectivity index (χ2v) is 14.2. The molecule has 0 radical (unpaired) electrons. The SMILES string of the molecule is C=C(C(=O)/C=C/COC)C(C)(CC#N)CN(CCC)c1nc(OC[C@H](CC)C[C@@H](F)CC)nc(CC)c1CCCCc1cccc2cccc(C)c12. The molecular weight excluding hydrogens is 652 g/mol. The number of carbonyl (C=O) groups excluding carboxylic acids is 1. The van der Waals surface area contributed by atoms with Crippen molar-refractivity contribution in [3.8, 4) is 12.1 Å². The number of allylic oxidation sites excluding steroid dienone is 1. The van der Waals surface area contributed by atoms with Crippen LogP contribution in [-0.4, -0.2) is 55.3 Å². The Morgan fingerprint density at radius 3 is 2.48 bits per heavy atom. The lowest BCUT2D eigenvalue weighted by atomic mass is 9.77. The highest BCUT2D eigenvalue weighted by Gasteiger charge is 2.35. The molecule has 8 heteroatoms. The van der Waals surface area contributed by atoms with Gasteiger partial charge in [0.05, 0.1) is 25.0 Å². The Labute approximate surface area is 312 Å². The molecule has 0 bridgehead atoms. The molecule has 0 saturated carbocycles. The quantitative estimate of drug-likeness (QED) is 0.0675. The van der Waals surface area contributed by atoms with Crippen LogP contribution in [0.4, 0.5) is 10.2 Å². The molecule has 3 rings (SSSR count). The Morgan fingerprint density at radius 2 is 1.83 bits per heavy atom. The van der Waals surface area contributed by atoms with Crippen molar-refractivity contribution in [1.82, 2.24) is 9.97 Å². The molecule has 7 nitrogen and oxygen atoms in total. The van der Waals surface area contributed by atoms with Gasteiger partial charge >= 0.3 is 6.01 Å². The van der Waals surface area contributed by atoms with Crippen LogP contribution in [0.1, 0.15) is 102 Å². The number of anilines is 1. The van der Waals surface area contributed by atoms with Gasteiger partial charge in [0, 0.05) is 43.2 Å². The number of halogens is 1. The Balaban J connectivity index is 2.01. The van der Waals surface area contributed by atoms with Gasteiger partial charge in [-0.2, -0.15) is 15.2 Å². The minimum absolute atomic E-state index is 0.0515. The van der Waals surface area contributed by atoms with Crippen molar-refractivity contribution < 1.29 is 18.7 Å². The number of nitrogens with zero attached hydrogens (tertiary/aromatic N) is 4. The summed E-state index contributed by atoms with van der Waals surface area (Å²) >= 11 is 0. The van der Waals surface area contributed by atoms with Crippen molar-refractivity contribution in [2.45, 2.75) is 112 Å². The van der Waals surface area contributed by atoms with Gasteiger partial charge in [-0.25, -0.2) is 4.39 Å². The largest absolute Gasteiger partial charge is 0.463 e. The molecule has 0 aliphatic rings. The second-order valence-electron chi connectivity index (χ2n) is 14.2. The van der Waals surface area contributed by atoms with E-state index in [0.717, 1.165) is 55.6 Å². The summed E-state index contributed by atoms with van der Waals surface area (Å²) in [5, 5.41) is 12.6. The summed E-state index contributed by atoms with van der Waals surface area (Å²) in [5.41, 5.74) is 4.17. The number of nitriles is 1. The van der Waals surface area contributed by atoms with E-state index < -0.39 is 11.6 Å². The number of carbonyl (C=O) groups is 1. The summed E-state index contributed by atoms with van der Waals surface area (Å²) in [4.78, 5) is 25.5. The third-order valence-corrected chi connectivity index (χ3v) is 10.1. The monoisotopic (exact) mass is 712 g/mol. The van der Waals surface area contributed by atoms with Crippen molar-refractivity contribution in [1.29, 1.82) is 5.26 Å². The molecule has 0 aliphatic heterocycles. The highest BCUT2D eigenvalue weighted by molar-refractivity contribution is 6.04. The maximum absolute atomic E-state index is 14.3. The van der Waals surface area contributed by atoms with Gasteiger partial charge in [0.2, 0.25) is 0 Å². The van der Waals surface area contributed by atoms with Gasteiger partial charge in [0.1, 0.15) is 12.0 Å². The van der Waals surface area contributed by atoms with Crippen LogP contribution in [0.15, 0.2) is 60.7 Å². The number of methoxy groups -OCH3 is 1. The zero-order chi connectivity index (χ0) is 38.1. The highest BCUT2D eigenvalue weighted by Crippen LogP contribution is 2.36. The highest BCUT2D eigenvalue weighted by atomic mass is 19.1. The Morgan fingerprint density at radius 1 is 1.10 bits per heavy atom.